The van der Waals surface area contributed by atoms with Gasteiger partial charge in [-0.25, -0.2) is 4.68 Å². The number of hydrogen-bond acceptors (Lipinski definition) is 4. The van der Waals surface area contributed by atoms with Crippen molar-refractivity contribution in [2.45, 2.75) is 6.54 Å². The smallest absolute Gasteiger partial charge is 0.0971 e. The Labute approximate surface area is 112 Å². The third-order valence-electron chi connectivity index (χ3n) is 2.67. The van der Waals surface area contributed by atoms with Gasteiger partial charge in [-0.1, -0.05) is 23.4 Å². The van der Waals surface area contributed by atoms with Gasteiger partial charge in [0, 0.05) is 18.8 Å². The first-order valence-electron chi connectivity index (χ1n) is 5.93. The van der Waals surface area contributed by atoms with Crippen LogP contribution >= 0.6 is 11.8 Å². The average molecular weight is 262 g/mol. The lowest BCUT2D eigenvalue weighted by molar-refractivity contribution is 0.344. The summed E-state index contributed by atoms with van der Waals surface area (Å²) in [6, 6.07) is 10.0. The van der Waals surface area contributed by atoms with Crippen molar-refractivity contribution in [1.29, 1.82) is 0 Å². The van der Waals surface area contributed by atoms with Gasteiger partial charge in [-0.3, -0.25) is 4.90 Å². The zero-order valence-electron chi connectivity index (χ0n) is 10.8. The molecule has 4 nitrogen and oxygen atoms in total. The van der Waals surface area contributed by atoms with E-state index in [1.165, 1.54) is 0 Å². The summed E-state index contributed by atoms with van der Waals surface area (Å²) in [5, 5.41) is 8.36. The summed E-state index contributed by atoms with van der Waals surface area (Å²) in [7, 11) is 2.11. The topological polar surface area (TPSA) is 34.0 Å². The van der Waals surface area contributed by atoms with E-state index < -0.39 is 0 Å². The first kappa shape index (κ1) is 13.1. The van der Waals surface area contributed by atoms with Crippen molar-refractivity contribution in [1.82, 2.24) is 19.9 Å². The molecule has 1 heterocycles. The highest BCUT2D eigenvalue weighted by Crippen LogP contribution is 2.07. The van der Waals surface area contributed by atoms with Crippen molar-refractivity contribution in [3.63, 3.8) is 0 Å². The molecule has 0 N–H and O–H groups in total. The third-order valence-corrected chi connectivity index (χ3v) is 3.26. The number of benzene rings is 1. The Kier molecular flexibility index (Phi) is 4.78. The van der Waals surface area contributed by atoms with Gasteiger partial charge >= 0.3 is 0 Å². The zero-order valence-corrected chi connectivity index (χ0v) is 11.6. The Morgan fingerprint density at radius 1 is 1.28 bits per heavy atom. The van der Waals surface area contributed by atoms with E-state index in [2.05, 4.69) is 28.5 Å². The minimum atomic E-state index is 0.841. The molecule has 18 heavy (non-hydrogen) atoms. The molecule has 96 valence electrons. The Hall–Kier alpha value is -1.33. The molecule has 5 heteroatoms. The molecule has 2 rings (SSSR count). The van der Waals surface area contributed by atoms with Crippen LogP contribution in [0.1, 0.15) is 5.69 Å². The second-order valence-electron chi connectivity index (χ2n) is 4.22. The van der Waals surface area contributed by atoms with Gasteiger partial charge in [-0.15, -0.1) is 5.10 Å². The lowest BCUT2D eigenvalue weighted by Gasteiger charge is -2.13. The second kappa shape index (κ2) is 6.56. The highest BCUT2D eigenvalue weighted by atomic mass is 32.2. The molecule has 0 saturated carbocycles. The number of nitrogens with zero attached hydrogens (tertiary/aromatic N) is 4. The normalized spacial score (nSPS) is 11.1. The van der Waals surface area contributed by atoms with Crippen LogP contribution < -0.4 is 0 Å². The third kappa shape index (κ3) is 3.58. The highest BCUT2D eigenvalue weighted by Gasteiger charge is 2.05. The van der Waals surface area contributed by atoms with Crippen molar-refractivity contribution in [2.24, 2.45) is 0 Å². The number of aromatic nitrogens is 3. The van der Waals surface area contributed by atoms with E-state index in [1.54, 1.807) is 0 Å². The largest absolute Gasteiger partial charge is 0.300 e. The summed E-state index contributed by atoms with van der Waals surface area (Å²) in [4.78, 5) is 2.26. The molecule has 0 saturated heterocycles. The first-order valence-corrected chi connectivity index (χ1v) is 7.33. The predicted molar refractivity (Wildman–Crippen MR) is 76.1 cm³/mol. The lowest BCUT2D eigenvalue weighted by atomic mass is 10.3. The molecule has 0 unspecified atom stereocenters. The molecule has 0 fully saturated rings. The number of para-hydroxylation sites is 1. The maximum atomic E-state index is 4.21. The van der Waals surface area contributed by atoms with Crippen LogP contribution in [-0.2, 0) is 6.54 Å². The fraction of sp³-hybridized carbons (Fsp3) is 0.385. The molecular formula is C13H18N4S. The highest BCUT2D eigenvalue weighted by molar-refractivity contribution is 7.98. The number of rotatable bonds is 6. The summed E-state index contributed by atoms with van der Waals surface area (Å²) in [5.74, 6) is 1.14. The van der Waals surface area contributed by atoms with Crippen LogP contribution in [0.25, 0.3) is 5.69 Å². The Morgan fingerprint density at radius 3 is 2.78 bits per heavy atom. The van der Waals surface area contributed by atoms with Gasteiger partial charge in [0.1, 0.15) is 0 Å². The SMILES string of the molecule is CSCCN(C)Cc1cn(-c2ccccc2)nn1. The Morgan fingerprint density at radius 2 is 2.06 bits per heavy atom. The molecular weight excluding hydrogens is 244 g/mol. The van der Waals surface area contributed by atoms with Gasteiger partial charge in [0.25, 0.3) is 0 Å². The van der Waals surface area contributed by atoms with Gasteiger partial charge in [0.2, 0.25) is 0 Å². The van der Waals surface area contributed by atoms with Crippen molar-refractivity contribution >= 4 is 11.8 Å². The van der Waals surface area contributed by atoms with Crippen LogP contribution in [0.15, 0.2) is 36.5 Å². The van der Waals surface area contributed by atoms with Crippen LogP contribution in [0.2, 0.25) is 0 Å². The quantitative estimate of drug-likeness (QED) is 0.798. The minimum Gasteiger partial charge on any atom is -0.300 e. The molecule has 0 amide bonds. The second-order valence-corrected chi connectivity index (χ2v) is 5.21. The van der Waals surface area contributed by atoms with Crippen molar-refractivity contribution < 1.29 is 0 Å². The zero-order chi connectivity index (χ0) is 12.8. The van der Waals surface area contributed by atoms with Gasteiger partial charge in [-0.2, -0.15) is 11.8 Å². The molecule has 0 bridgehead atoms. The molecule has 1 aromatic heterocycles. The molecule has 0 aliphatic carbocycles. The average Bonchev–Trinajstić information content (AvgIpc) is 2.86. The van der Waals surface area contributed by atoms with E-state index in [9.17, 15) is 0 Å². The summed E-state index contributed by atoms with van der Waals surface area (Å²) >= 11 is 1.86. The lowest BCUT2D eigenvalue weighted by Crippen LogP contribution is -2.20. The molecule has 1 aromatic carbocycles. The van der Waals surface area contributed by atoms with E-state index in [4.69, 9.17) is 0 Å². The summed E-state index contributed by atoms with van der Waals surface area (Å²) in [5.41, 5.74) is 2.05. The van der Waals surface area contributed by atoms with E-state index in [0.29, 0.717) is 0 Å². The van der Waals surface area contributed by atoms with Crippen molar-refractivity contribution in [3.8, 4) is 5.69 Å². The maximum absolute atomic E-state index is 4.21. The monoisotopic (exact) mass is 262 g/mol. The number of hydrogen-bond donors (Lipinski definition) is 0. The Balaban J connectivity index is 1.98. The molecule has 0 aliphatic rings. The summed E-state index contributed by atoms with van der Waals surface area (Å²) < 4.78 is 1.82. The van der Waals surface area contributed by atoms with Crippen LogP contribution in [-0.4, -0.2) is 45.5 Å². The summed E-state index contributed by atoms with van der Waals surface area (Å²) in [6.07, 6.45) is 4.12. The van der Waals surface area contributed by atoms with Crippen LogP contribution in [0.4, 0.5) is 0 Å². The molecule has 0 radical (unpaired) electrons. The van der Waals surface area contributed by atoms with Crippen LogP contribution in [0.3, 0.4) is 0 Å². The van der Waals surface area contributed by atoms with Crippen molar-refractivity contribution in [2.75, 3.05) is 25.6 Å². The molecule has 0 spiro atoms. The van der Waals surface area contributed by atoms with E-state index in [1.807, 2.05) is 53.0 Å². The number of thioether (sulfide) groups is 1. The molecule has 2 aromatic rings. The first-order chi connectivity index (χ1) is 8.79. The van der Waals surface area contributed by atoms with E-state index >= 15 is 0 Å². The summed E-state index contributed by atoms with van der Waals surface area (Å²) in [6.45, 7) is 1.91. The van der Waals surface area contributed by atoms with Gasteiger partial charge in [-0.05, 0) is 25.4 Å². The van der Waals surface area contributed by atoms with Gasteiger partial charge in [0.05, 0.1) is 17.6 Å². The molecule has 0 atom stereocenters. The maximum Gasteiger partial charge on any atom is 0.0971 e. The van der Waals surface area contributed by atoms with E-state index in [0.717, 1.165) is 30.2 Å². The van der Waals surface area contributed by atoms with Crippen LogP contribution in [0, 0.1) is 0 Å². The fourth-order valence-corrected chi connectivity index (χ4v) is 2.17. The predicted octanol–water partition coefficient (Wildman–Crippen LogP) is 2.06. The minimum absolute atomic E-state index is 0.841. The van der Waals surface area contributed by atoms with E-state index in [-0.39, 0.29) is 0 Å². The van der Waals surface area contributed by atoms with Crippen molar-refractivity contribution in [3.05, 3.63) is 42.2 Å². The molecule has 0 aliphatic heterocycles. The standard InChI is InChI=1S/C13H18N4S/c1-16(8-9-18-2)10-12-11-17(15-14-12)13-6-4-3-5-7-13/h3-7,11H,8-10H2,1-2H3. The van der Waals surface area contributed by atoms with Gasteiger partial charge < -0.3 is 0 Å². The fourth-order valence-electron chi connectivity index (χ4n) is 1.68. The van der Waals surface area contributed by atoms with Crippen LogP contribution in [0.5, 0.6) is 0 Å². The van der Waals surface area contributed by atoms with Gasteiger partial charge in [0.15, 0.2) is 0 Å². The Bertz CT molecular complexity index is 469.